The molecular formula is C35H41N3O4. The minimum Gasteiger partial charge on any atom is -0.444 e. The number of aryl methyl sites for hydroxylation is 2. The van der Waals surface area contributed by atoms with Gasteiger partial charge < -0.3 is 20.3 Å². The zero-order valence-electron chi connectivity index (χ0n) is 25.4. The maximum absolute atomic E-state index is 14.5. The van der Waals surface area contributed by atoms with E-state index in [0.717, 1.165) is 16.7 Å². The van der Waals surface area contributed by atoms with Crippen LogP contribution in [-0.4, -0.2) is 41.0 Å². The highest BCUT2D eigenvalue weighted by Crippen LogP contribution is 2.29. The van der Waals surface area contributed by atoms with Gasteiger partial charge in [0.2, 0.25) is 5.91 Å². The standard InChI is InChI=1S/C35H41N3O4/c1-8-22-38(33(40)29(23-26-18-11-10-12-19-26)36-34(41)42-35(5,6)7)31(28-21-14-13-20-27(28)9-2)32(39)37-30-24(3)16-15-17-25(30)4/h2,10-21,29,31H,8,22-23H2,1,3-7H3,(H,36,41)(H,37,39). The minimum absolute atomic E-state index is 0.209. The quantitative estimate of drug-likeness (QED) is 0.280. The van der Waals surface area contributed by atoms with Crippen LogP contribution in [-0.2, 0) is 20.7 Å². The fraction of sp³-hybridized carbons (Fsp3) is 0.343. The lowest BCUT2D eigenvalue weighted by atomic mass is 9.96. The van der Waals surface area contributed by atoms with Crippen molar-refractivity contribution in [3.05, 3.63) is 101 Å². The molecule has 0 heterocycles. The van der Waals surface area contributed by atoms with Crippen molar-refractivity contribution in [3.8, 4) is 12.3 Å². The number of nitrogens with zero attached hydrogens (tertiary/aromatic N) is 1. The monoisotopic (exact) mass is 567 g/mol. The second-order valence-corrected chi connectivity index (χ2v) is 11.3. The molecule has 0 radical (unpaired) electrons. The first kappa shape index (κ1) is 32.0. The minimum atomic E-state index is -1.05. The Balaban J connectivity index is 2.11. The number of hydrogen-bond donors (Lipinski definition) is 2. The molecule has 3 amide bonds. The molecule has 3 aromatic rings. The predicted octanol–water partition coefficient (Wildman–Crippen LogP) is 6.34. The maximum Gasteiger partial charge on any atom is 0.408 e. The number of anilines is 1. The average Bonchev–Trinajstić information content (AvgIpc) is 2.94. The van der Waals surface area contributed by atoms with Gasteiger partial charge in [0, 0.05) is 24.2 Å². The van der Waals surface area contributed by atoms with Gasteiger partial charge in [-0.25, -0.2) is 4.79 Å². The van der Waals surface area contributed by atoms with Crippen LogP contribution in [0.3, 0.4) is 0 Å². The number of carbonyl (C=O) groups excluding carboxylic acids is 3. The van der Waals surface area contributed by atoms with E-state index in [1.54, 1.807) is 45.0 Å². The van der Waals surface area contributed by atoms with Crippen LogP contribution in [0.4, 0.5) is 10.5 Å². The molecule has 220 valence electrons. The number of nitrogens with one attached hydrogen (secondary N) is 2. The summed E-state index contributed by atoms with van der Waals surface area (Å²) >= 11 is 0. The van der Waals surface area contributed by atoms with Gasteiger partial charge in [0.25, 0.3) is 5.91 Å². The fourth-order valence-corrected chi connectivity index (χ4v) is 4.83. The van der Waals surface area contributed by atoms with E-state index >= 15 is 0 Å². The number of terminal acetylenes is 1. The van der Waals surface area contributed by atoms with Crippen LogP contribution in [0.1, 0.15) is 68.0 Å². The molecular weight excluding hydrogens is 526 g/mol. The van der Waals surface area contributed by atoms with Crippen LogP contribution in [0.15, 0.2) is 72.8 Å². The molecule has 0 aliphatic carbocycles. The van der Waals surface area contributed by atoms with Gasteiger partial charge in [-0.3, -0.25) is 9.59 Å². The van der Waals surface area contributed by atoms with Gasteiger partial charge in [0.1, 0.15) is 17.7 Å². The van der Waals surface area contributed by atoms with E-state index in [0.29, 0.717) is 23.2 Å². The lowest BCUT2D eigenvalue weighted by Crippen LogP contribution is -2.53. The van der Waals surface area contributed by atoms with E-state index in [1.807, 2.05) is 69.3 Å². The van der Waals surface area contributed by atoms with Gasteiger partial charge in [0.15, 0.2) is 0 Å². The van der Waals surface area contributed by atoms with Crippen LogP contribution in [0.25, 0.3) is 0 Å². The highest BCUT2D eigenvalue weighted by atomic mass is 16.6. The Bertz CT molecular complexity index is 1420. The highest BCUT2D eigenvalue weighted by molar-refractivity contribution is 6.00. The third-order valence-electron chi connectivity index (χ3n) is 6.72. The highest BCUT2D eigenvalue weighted by Gasteiger charge is 2.37. The van der Waals surface area contributed by atoms with Crippen LogP contribution >= 0.6 is 0 Å². The van der Waals surface area contributed by atoms with Crippen LogP contribution in [0, 0.1) is 26.2 Å². The van der Waals surface area contributed by atoms with E-state index in [1.165, 1.54) is 4.90 Å². The molecule has 0 saturated heterocycles. The molecule has 0 aliphatic heterocycles. The zero-order valence-corrected chi connectivity index (χ0v) is 25.4. The maximum atomic E-state index is 14.5. The van der Waals surface area contributed by atoms with Crippen molar-refractivity contribution in [1.29, 1.82) is 0 Å². The summed E-state index contributed by atoms with van der Waals surface area (Å²) in [5.41, 5.74) is 3.61. The molecule has 7 nitrogen and oxygen atoms in total. The average molecular weight is 568 g/mol. The van der Waals surface area contributed by atoms with Gasteiger partial charge in [-0.15, -0.1) is 6.42 Å². The lowest BCUT2D eigenvalue weighted by molar-refractivity contribution is -0.140. The van der Waals surface area contributed by atoms with Gasteiger partial charge in [-0.05, 0) is 69.4 Å². The second-order valence-electron chi connectivity index (χ2n) is 11.3. The van der Waals surface area contributed by atoms with Crippen molar-refractivity contribution < 1.29 is 19.1 Å². The molecule has 3 rings (SSSR count). The van der Waals surface area contributed by atoms with Crippen LogP contribution in [0.2, 0.25) is 0 Å². The third kappa shape index (κ3) is 8.47. The molecule has 0 saturated carbocycles. The SMILES string of the molecule is C#Cc1ccccc1C(C(=O)Nc1c(C)cccc1C)N(CCC)C(=O)C(Cc1ccccc1)NC(=O)OC(C)(C)C. The van der Waals surface area contributed by atoms with Crippen molar-refractivity contribution in [2.75, 3.05) is 11.9 Å². The van der Waals surface area contributed by atoms with E-state index < -0.39 is 35.6 Å². The molecule has 0 bridgehead atoms. The zero-order chi connectivity index (χ0) is 30.9. The molecule has 2 N–H and O–H groups in total. The summed E-state index contributed by atoms with van der Waals surface area (Å²) in [7, 11) is 0. The van der Waals surface area contributed by atoms with Crippen molar-refractivity contribution in [2.45, 2.75) is 72.1 Å². The summed E-state index contributed by atoms with van der Waals surface area (Å²) in [5, 5.41) is 5.85. The number of rotatable bonds is 10. The largest absolute Gasteiger partial charge is 0.444 e. The summed E-state index contributed by atoms with van der Waals surface area (Å²) < 4.78 is 5.50. The lowest BCUT2D eigenvalue weighted by Gasteiger charge is -2.35. The molecule has 0 aromatic heterocycles. The number of carbonyl (C=O) groups is 3. The Labute approximate surface area is 249 Å². The molecule has 7 heteroatoms. The van der Waals surface area contributed by atoms with E-state index in [2.05, 4.69) is 16.6 Å². The molecule has 2 unspecified atom stereocenters. The van der Waals surface area contributed by atoms with Crippen LogP contribution in [0.5, 0.6) is 0 Å². The fourth-order valence-electron chi connectivity index (χ4n) is 4.83. The number of benzene rings is 3. The Morgan fingerprint density at radius 1 is 0.929 bits per heavy atom. The molecule has 3 aromatic carbocycles. The molecule has 0 spiro atoms. The van der Waals surface area contributed by atoms with E-state index in [-0.39, 0.29) is 13.0 Å². The summed E-state index contributed by atoms with van der Waals surface area (Å²) in [6.07, 6.45) is 5.93. The Morgan fingerprint density at radius 2 is 1.55 bits per heavy atom. The number of ether oxygens (including phenoxy) is 1. The summed E-state index contributed by atoms with van der Waals surface area (Å²) in [5.74, 6) is 1.86. The molecule has 0 fully saturated rings. The van der Waals surface area contributed by atoms with Crippen LogP contribution < -0.4 is 10.6 Å². The number of hydrogen-bond acceptors (Lipinski definition) is 4. The Kier molecular flexibility index (Phi) is 10.9. The first-order valence-corrected chi connectivity index (χ1v) is 14.2. The smallest absolute Gasteiger partial charge is 0.408 e. The van der Waals surface area contributed by atoms with Gasteiger partial charge in [-0.2, -0.15) is 0 Å². The molecule has 42 heavy (non-hydrogen) atoms. The third-order valence-corrected chi connectivity index (χ3v) is 6.72. The van der Waals surface area contributed by atoms with Crippen molar-refractivity contribution in [2.24, 2.45) is 0 Å². The summed E-state index contributed by atoms with van der Waals surface area (Å²) in [6.45, 7) is 11.3. The predicted molar refractivity (Wildman–Crippen MR) is 167 cm³/mol. The topological polar surface area (TPSA) is 87.7 Å². The summed E-state index contributed by atoms with van der Waals surface area (Å²) in [4.78, 5) is 43.1. The van der Waals surface area contributed by atoms with Crippen molar-refractivity contribution >= 4 is 23.6 Å². The Hall–Kier alpha value is -4.57. The van der Waals surface area contributed by atoms with Crippen molar-refractivity contribution in [1.82, 2.24) is 10.2 Å². The number of para-hydroxylation sites is 1. The number of alkyl carbamates (subject to hydrolysis) is 1. The normalized spacial score (nSPS) is 12.4. The first-order valence-electron chi connectivity index (χ1n) is 14.2. The molecule has 0 aliphatic rings. The Morgan fingerprint density at radius 3 is 2.14 bits per heavy atom. The number of amides is 3. The second kappa shape index (κ2) is 14.4. The summed E-state index contributed by atoms with van der Waals surface area (Å²) in [6, 6.07) is 20.2. The van der Waals surface area contributed by atoms with Gasteiger partial charge in [0.05, 0.1) is 0 Å². The van der Waals surface area contributed by atoms with E-state index in [9.17, 15) is 14.4 Å². The van der Waals surface area contributed by atoms with Gasteiger partial charge >= 0.3 is 6.09 Å². The van der Waals surface area contributed by atoms with Gasteiger partial charge in [-0.1, -0.05) is 79.6 Å². The molecule has 2 atom stereocenters. The van der Waals surface area contributed by atoms with E-state index in [4.69, 9.17) is 11.2 Å². The first-order chi connectivity index (χ1) is 19.9. The van der Waals surface area contributed by atoms with Crippen molar-refractivity contribution in [3.63, 3.8) is 0 Å².